The first-order chi connectivity index (χ1) is 7.77. The Hall–Kier alpha value is -1.76. The van der Waals surface area contributed by atoms with E-state index in [0.29, 0.717) is 0 Å². The summed E-state index contributed by atoms with van der Waals surface area (Å²) in [5.41, 5.74) is 3.51. The van der Waals surface area contributed by atoms with Crippen molar-refractivity contribution in [3.05, 3.63) is 71.8 Å². The molecule has 0 N–H and O–H groups in total. The molecule has 0 atom stereocenters. The summed E-state index contributed by atoms with van der Waals surface area (Å²) in [7, 11) is 0. The molecule has 0 aromatic heterocycles. The Kier molecular flexibility index (Phi) is 3.25. The molecule has 2 aromatic carbocycles. The standard InChI is InChI=1S/C15H15O/c1-12-7-6-10-15(13(12)2)16-11-14-8-4-3-5-9-14/h3-11H,1-2H3. The predicted molar refractivity (Wildman–Crippen MR) is 66.4 cm³/mol. The molecule has 0 saturated heterocycles. The number of hydrogen-bond donors (Lipinski definition) is 0. The smallest absolute Gasteiger partial charge is 0.165 e. The van der Waals surface area contributed by atoms with E-state index in [1.807, 2.05) is 42.5 Å². The van der Waals surface area contributed by atoms with Gasteiger partial charge in [0, 0.05) is 0 Å². The molecular formula is C15H15O. The van der Waals surface area contributed by atoms with Gasteiger partial charge in [-0.3, -0.25) is 0 Å². The fraction of sp³-hybridized carbons (Fsp3) is 0.133. The van der Waals surface area contributed by atoms with Gasteiger partial charge < -0.3 is 4.74 Å². The highest BCUT2D eigenvalue weighted by Gasteiger charge is 2.02. The number of benzene rings is 2. The lowest BCUT2D eigenvalue weighted by atomic mass is 10.1. The number of ether oxygens (including phenoxy) is 1. The van der Waals surface area contributed by atoms with E-state index in [4.69, 9.17) is 4.74 Å². The quantitative estimate of drug-likeness (QED) is 0.748. The minimum Gasteiger partial charge on any atom is -0.481 e. The monoisotopic (exact) mass is 211 g/mol. The van der Waals surface area contributed by atoms with Gasteiger partial charge in [-0.15, -0.1) is 0 Å². The molecule has 0 bridgehead atoms. The summed E-state index contributed by atoms with van der Waals surface area (Å²) >= 11 is 0. The minimum atomic E-state index is 0.920. The van der Waals surface area contributed by atoms with Crippen LogP contribution in [0.5, 0.6) is 5.75 Å². The first kappa shape index (κ1) is 10.7. The molecule has 81 valence electrons. The first-order valence-corrected chi connectivity index (χ1v) is 5.38. The van der Waals surface area contributed by atoms with Crippen LogP contribution in [0.1, 0.15) is 16.7 Å². The number of hydrogen-bond acceptors (Lipinski definition) is 1. The maximum Gasteiger partial charge on any atom is 0.165 e. The zero-order valence-electron chi connectivity index (χ0n) is 9.60. The van der Waals surface area contributed by atoms with Crippen molar-refractivity contribution in [3.63, 3.8) is 0 Å². The number of rotatable bonds is 3. The van der Waals surface area contributed by atoms with Gasteiger partial charge in [-0.2, -0.15) is 0 Å². The van der Waals surface area contributed by atoms with E-state index in [9.17, 15) is 0 Å². The van der Waals surface area contributed by atoms with Crippen molar-refractivity contribution in [2.75, 3.05) is 0 Å². The van der Waals surface area contributed by atoms with Crippen LogP contribution in [0.4, 0.5) is 0 Å². The average Bonchev–Trinajstić information content (AvgIpc) is 2.32. The molecule has 2 rings (SSSR count). The highest BCUT2D eigenvalue weighted by Crippen LogP contribution is 2.22. The van der Waals surface area contributed by atoms with Crippen molar-refractivity contribution in [2.24, 2.45) is 0 Å². The topological polar surface area (TPSA) is 9.23 Å². The van der Waals surface area contributed by atoms with Crippen molar-refractivity contribution in [2.45, 2.75) is 13.8 Å². The van der Waals surface area contributed by atoms with Crippen molar-refractivity contribution < 1.29 is 4.74 Å². The van der Waals surface area contributed by atoms with Gasteiger partial charge in [0.1, 0.15) is 5.75 Å². The zero-order valence-corrected chi connectivity index (χ0v) is 9.60. The third-order valence-corrected chi connectivity index (χ3v) is 2.68. The van der Waals surface area contributed by atoms with Crippen LogP contribution in [-0.2, 0) is 0 Å². The fourth-order valence-electron chi connectivity index (χ4n) is 1.51. The molecule has 1 radical (unpaired) electrons. The van der Waals surface area contributed by atoms with Gasteiger partial charge in [-0.05, 0) is 36.6 Å². The summed E-state index contributed by atoms with van der Waals surface area (Å²) in [4.78, 5) is 0. The summed E-state index contributed by atoms with van der Waals surface area (Å²) in [5, 5.41) is 0. The van der Waals surface area contributed by atoms with Crippen molar-refractivity contribution in [3.8, 4) is 5.75 Å². The summed E-state index contributed by atoms with van der Waals surface area (Å²) in [6.45, 7) is 5.94. The minimum absolute atomic E-state index is 0.920. The van der Waals surface area contributed by atoms with E-state index < -0.39 is 0 Å². The molecule has 0 fully saturated rings. The maximum atomic E-state index is 5.68. The van der Waals surface area contributed by atoms with Crippen LogP contribution in [0.25, 0.3) is 0 Å². The average molecular weight is 211 g/mol. The normalized spacial score (nSPS) is 10.1. The molecule has 2 aromatic rings. The summed E-state index contributed by atoms with van der Waals surface area (Å²) in [5.74, 6) is 0.920. The lowest BCUT2D eigenvalue weighted by molar-refractivity contribution is 0.425. The largest absolute Gasteiger partial charge is 0.481 e. The molecule has 0 aliphatic carbocycles. The molecule has 0 saturated carbocycles. The van der Waals surface area contributed by atoms with Crippen molar-refractivity contribution in [1.82, 2.24) is 0 Å². The Balaban J connectivity index is 2.08. The van der Waals surface area contributed by atoms with Gasteiger partial charge in [0.05, 0.1) is 0 Å². The molecule has 16 heavy (non-hydrogen) atoms. The van der Waals surface area contributed by atoms with E-state index in [1.54, 1.807) is 6.61 Å². The van der Waals surface area contributed by atoms with Gasteiger partial charge in [-0.25, -0.2) is 0 Å². The summed E-state index contributed by atoms with van der Waals surface area (Å²) in [6.07, 6.45) is 0. The van der Waals surface area contributed by atoms with Gasteiger partial charge in [0.2, 0.25) is 0 Å². The highest BCUT2D eigenvalue weighted by atomic mass is 16.5. The second-order valence-electron chi connectivity index (χ2n) is 3.84. The molecule has 0 aliphatic rings. The molecule has 0 aliphatic heterocycles. The van der Waals surface area contributed by atoms with Crippen LogP contribution in [0.2, 0.25) is 0 Å². The van der Waals surface area contributed by atoms with Crippen LogP contribution in [-0.4, -0.2) is 0 Å². The van der Waals surface area contributed by atoms with Crippen LogP contribution >= 0.6 is 0 Å². The van der Waals surface area contributed by atoms with Gasteiger partial charge in [0.15, 0.2) is 6.61 Å². The Labute approximate surface area is 96.7 Å². The van der Waals surface area contributed by atoms with E-state index in [-0.39, 0.29) is 0 Å². The Morgan fingerprint density at radius 2 is 1.62 bits per heavy atom. The number of aryl methyl sites for hydroxylation is 1. The van der Waals surface area contributed by atoms with Gasteiger partial charge in [0.25, 0.3) is 0 Å². The van der Waals surface area contributed by atoms with E-state index in [0.717, 1.165) is 11.3 Å². The summed E-state index contributed by atoms with van der Waals surface area (Å²) < 4.78 is 5.68. The van der Waals surface area contributed by atoms with Crippen LogP contribution in [0.15, 0.2) is 48.5 Å². The predicted octanol–water partition coefficient (Wildman–Crippen LogP) is 3.89. The Morgan fingerprint density at radius 3 is 2.38 bits per heavy atom. The summed E-state index contributed by atoms with van der Waals surface area (Å²) in [6, 6.07) is 16.1. The lowest BCUT2D eigenvalue weighted by Crippen LogP contribution is -1.95. The highest BCUT2D eigenvalue weighted by molar-refractivity contribution is 5.39. The van der Waals surface area contributed by atoms with Crippen LogP contribution in [0.3, 0.4) is 0 Å². The van der Waals surface area contributed by atoms with Crippen molar-refractivity contribution in [1.29, 1.82) is 0 Å². The molecule has 0 spiro atoms. The van der Waals surface area contributed by atoms with Gasteiger partial charge in [-0.1, -0.05) is 42.5 Å². The zero-order chi connectivity index (χ0) is 11.4. The van der Waals surface area contributed by atoms with Gasteiger partial charge >= 0.3 is 0 Å². The molecule has 0 amide bonds. The SMILES string of the molecule is Cc1cccc(O[CH]c2ccccc2)c1C. The second-order valence-corrected chi connectivity index (χ2v) is 3.84. The Morgan fingerprint density at radius 1 is 0.875 bits per heavy atom. The molecule has 0 heterocycles. The van der Waals surface area contributed by atoms with Crippen molar-refractivity contribution >= 4 is 0 Å². The first-order valence-electron chi connectivity index (χ1n) is 5.38. The molecule has 1 nitrogen and oxygen atoms in total. The maximum absolute atomic E-state index is 5.68. The molecule has 1 heteroatoms. The van der Waals surface area contributed by atoms with Crippen LogP contribution in [0, 0.1) is 20.5 Å². The third-order valence-electron chi connectivity index (χ3n) is 2.68. The molecular weight excluding hydrogens is 196 g/mol. The van der Waals surface area contributed by atoms with E-state index in [2.05, 4.69) is 19.9 Å². The van der Waals surface area contributed by atoms with Crippen LogP contribution < -0.4 is 4.74 Å². The lowest BCUT2D eigenvalue weighted by Gasteiger charge is -2.09. The molecule has 0 unspecified atom stereocenters. The Bertz CT molecular complexity index is 460. The third kappa shape index (κ3) is 2.43. The van der Waals surface area contributed by atoms with E-state index >= 15 is 0 Å². The van der Waals surface area contributed by atoms with E-state index in [1.165, 1.54) is 11.1 Å². The fourth-order valence-corrected chi connectivity index (χ4v) is 1.51. The second kappa shape index (κ2) is 4.84.